The lowest BCUT2D eigenvalue weighted by Gasteiger charge is -2.19. The minimum Gasteiger partial charge on any atom is -0.494 e. The van der Waals surface area contributed by atoms with E-state index >= 15 is 0 Å². The molecule has 2 aromatic rings. The molecule has 0 fully saturated rings. The number of anilines is 2. The van der Waals surface area contributed by atoms with Crippen LogP contribution < -0.4 is 21.1 Å². The third kappa shape index (κ3) is 6.15. The Morgan fingerprint density at radius 1 is 1.15 bits per heavy atom. The van der Waals surface area contributed by atoms with Gasteiger partial charge in [-0.3, -0.25) is 0 Å². The average molecular weight is 376 g/mol. The molecular weight excluding hydrogens is 350 g/mol. The monoisotopic (exact) mass is 375 g/mol. The highest BCUT2D eigenvalue weighted by Crippen LogP contribution is 2.25. The summed E-state index contributed by atoms with van der Waals surface area (Å²) in [6.07, 6.45) is 0.698. The van der Waals surface area contributed by atoms with Gasteiger partial charge in [-0.2, -0.15) is 0 Å². The maximum atomic E-state index is 11.9. The van der Waals surface area contributed by atoms with Gasteiger partial charge in [0.15, 0.2) is 0 Å². The minimum atomic E-state index is -0.314. The number of carbonyl (C=O) groups excluding carboxylic acids is 1. The fourth-order valence-electron chi connectivity index (χ4n) is 2.31. The molecular formula is C20H26ClN3O2. The molecule has 6 heteroatoms. The van der Waals surface area contributed by atoms with Crippen molar-refractivity contribution < 1.29 is 9.53 Å². The van der Waals surface area contributed by atoms with Crippen molar-refractivity contribution in [2.75, 3.05) is 24.2 Å². The largest absolute Gasteiger partial charge is 0.494 e. The predicted molar refractivity (Wildman–Crippen MR) is 108 cm³/mol. The van der Waals surface area contributed by atoms with E-state index in [0.29, 0.717) is 36.0 Å². The molecule has 0 radical (unpaired) electrons. The SMILES string of the molecule is CC(C)(C)c1ccc(OCCCNC(=O)Nc2ccc(N)cc2Cl)cc1. The number of hydrogen-bond donors (Lipinski definition) is 3. The van der Waals surface area contributed by atoms with E-state index in [-0.39, 0.29) is 11.4 Å². The first-order valence-electron chi connectivity index (χ1n) is 8.59. The Labute approximate surface area is 159 Å². The summed E-state index contributed by atoms with van der Waals surface area (Å²) in [5, 5.41) is 5.86. The van der Waals surface area contributed by atoms with E-state index in [0.717, 1.165) is 5.75 Å². The van der Waals surface area contributed by atoms with Crippen molar-refractivity contribution in [3.63, 3.8) is 0 Å². The van der Waals surface area contributed by atoms with Gasteiger partial charge in [-0.1, -0.05) is 44.5 Å². The summed E-state index contributed by atoms with van der Waals surface area (Å²) in [6.45, 7) is 7.56. The van der Waals surface area contributed by atoms with Crippen LogP contribution in [0.25, 0.3) is 0 Å². The molecule has 5 nitrogen and oxygen atoms in total. The number of rotatable bonds is 6. The second-order valence-electron chi connectivity index (χ2n) is 7.10. The first-order valence-corrected chi connectivity index (χ1v) is 8.97. The van der Waals surface area contributed by atoms with Crippen LogP contribution in [0, 0.1) is 0 Å². The molecule has 0 aromatic heterocycles. The van der Waals surface area contributed by atoms with E-state index in [1.54, 1.807) is 18.2 Å². The number of nitrogens with two attached hydrogens (primary N) is 1. The van der Waals surface area contributed by atoms with Gasteiger partial charge in [0.05, 0.1) is 17.3 Å². The van der Waals surface area contributed by atoms with Gasteiger partial charge in [0.2, 0.25) is 0 Å². The maximum Gasteiger partial charge on any atom is 0.319 e. The number of urea groups is 1. The van der Waals surface area contributed by atoms with Gasteiger partial charge >= 0.3 is 6.03 Å². The number of halogens is 1. The molecule has 0 aliphatic carbocycles. The standard InChI is InChI=1S/C20H26ClN3O2/c1-20(2,3)14-5-8-16(9-6-14)26-12-4-11-23-19(25)24-18-10-7-15(22)13-17(18)21/h5-10,13H,4,11-12,22H2,1-3H3,(H2,23,24,25). The van der Waals surface area contributed by atoms with Crippen molar-refractivity contribution in [1.82, 2.24) is 5.32 Å². The summed E-state index contributed by atoms with van der Waals surface area (Å²) in [5.41, 5.74) is 8.09. The molecule has 140 valence electrons. The van der Waals surface area contributed by atoms with Crippen LogP contribution in [-0.4, -0.2) is 19.2 Å². The molecule has 0 heterocycles. The molecule has 0 atom stereocenters. The van der Waals surface area contributed by atoms with Crippen molar-refractivity contribution in [3.05, 3.63) is 53.1 Å². The first-order chi connectivity index (χ1) is 12.3. The topological polar surface area (TPSA) is 76.4 Å². The predicted octanol–water partition coefficient (Wildman–Crippen LogP) is 4.81. The highest BCUT2D eigenvalue weighted by atomic mass is 35.5. The van der Waals surface area contributed by atoms with E-state index < -0.39 is 0 Å². The number of benzene rings is 2. The quantitative estimate of drug-likeness (QED) is 0.501. The van der Waals surface area contributed by atoms with Crippen molar-refractivity contribution in [3.8, 4) is 5.75 Å². The Morgan fingerprint density at radius 3 is 2.46 bits per heavy atom. The van der Waals surface area contributed by atoms with Gasteiger partial charge in [-0.05, 0) is 47.7 Å². The third-order valence-corrected chi connectivity index (χ3v) is 4.15. The minimum absolute atomic E-state index is 0.128. The van der Waals surface area contributed by atoms with E-state index in [2.05, 4.69) is 43.5 Å². The Kier molecular flexibility index (Phi) is 6.75. The fourth-order valence-corrected chi connectivity index (χ4v) is 2.55. The highest BCUT2D eigenvalue weighted by molar-refractivity contribution is 6.34. The van der Waals surface area contributed by atoms with E-state index in [4.69, 9.17) is 22.1 Å². The van der Waals surface area contributed by atoms with Gasteiger partial charge in [0, 0.05) is 12.2 Å². The van der Waals surface area contributed by atoms with Crippen LogP contribution in [0.4, 0.5) is 16.2 Å². The summed E-state index contributed by atoms with van der Waals surface area (Å²) in [7, 11) is 0. The van der Waals surface area contributed by atoms with Crippen LogP contribution in [-0.2, 0) is 5.41 Å². The number of ether oxygens (including phenoxy) is 1. The zero-order valence-corrected chi connectivity index (χ0v) is 16.2. The molecule has 2 rings (SSSR count). The molecule has 4 N–H and O–H groups in total. The number of hydrogen-bond acceptors (Lipinski definition) is 3. The van der Waals surface area contributed by atoms with Crippen LogP contribution in [0.15, 0.2) is 42.5 Å². The zero-order valence-electron chi connectivity index (χ0n) is 15.4. The van der Waals surface area contributed by atoms with E-state index in [1.807, 2.05) is 12.1 Å². The average Bonchev–Trinajstić information content (AvgIpc) is 2.57. The molecule has 0 aliphatic heterocycles. The van der Waals surface area contributed by atoms with E-state index in [9.17, 15) is 4.79 Å². The molecule has 0 saturated carbocycles. The third-order valence-electron chi connectivity index (χ3n) is 3.84. The summed E-state index contributed by atoms with van der Waals surface area (Å²) in [4.78, 5) is 11.9. The van der Waals surface area contributed by atoms with Gasteiger partial charge < -0.3 is 21.1 Å². The van der Waals surface area contributed by atoms with Gasteiger partial charge in [-0.15, -0.1) is 0 Å². The molecule has 2 amide bonds. The van der Waals surface area contributed by atoms with Gasteiger partial charge in [0.25, 0.3) is 0 Å². The second-order valence-corrected chi connectivity index (χ2v) is 7.50. The maximum absolute atomic E-state index is 11.9. The summed E-state index contributed by atoms with van der Waals surface area (Å²) in [6, 6.07) is 12.7. The van der Waals surface area contributed by atoms with Crippen LogP contribution in [0.5, 0.6) is 5.75 Å². The van der Waals surface area contributed by atoms with E-state index in [1.165, 1.54) is 5.56 Å². The molecule has 26 heavy (non-hydrogen) atoms. The molecule has 0 aliphatic rings. The number of carbonyl (C=O) groups is 1. The van der Waals surface area contributed by atoms with Crippen molar-refractivity contribution >= 4 is 29.0 Å². The Bertz CT molecular complexity index is 740. The number of nitrogens with one attached hydrogen (secondary N) is 2. The summed E-state index contributed by atoms with van der Waals surface area (Å²) in [5.74, 6) is 0.830. The lowest BCUT2D eigenvalue weighted by atomic mass is 9.87. The van der Waals surface area contributed by atoms with Crippen LogP contribution >= 0.6 is 11.6 Å². The van der Waals surface area contributed by atoms with Crippen LogP contribution in [0.1, 0.15) is 32.8 Å². The number of amides is 2. The van der Waals surface area contributed by atoms with Crippen molar-refractivity contribution in [2.45, 2.75) is 32.6 Å². The Morgan fingerprint density at radius 2 is 1.85 bits per heavy atom. The molecule has 0 spiro atoms. The van der Waals surface area contributed by atoms with Gasteiger partial charge in [-0.25, -0.2) is 4.79 Å². The fraction of sp³-hybridized carbons (Fsp3) is 0.350. The summed E-state index contributed by atoms with van der Waals surface area (Å²) >= 11 is 6.02. The van der Waals surface area contributed by atoms with Crippen LogP contribution in [0.2, 0.25) is 5.02 Å². The smallest absolute Gasteiger partial charge is 0.319 e. The summed E-state index contributed by atoms with van der Waals surface area (Å²) < 4.78 is 5.70. The highest BCUT2D eigenvalue weighted by Gasteiger charge is 2.12. The first kappa shape index (κ1) is 19.9. The Hall–Kier alpha value is -2.40. The lowest BCUT2D eigenvalue weighted by molar-refractivity contribution is 0.250. The van der Waals surface area contributed by atoms with Crippen molar-refractivity contribution in [1.29, 1.82) is 0 Å². The van der Waals surface area contributed by atoms with Crippen LogP contribution in [0.3, 0.4) is 0 Å². The Balaban J connectivity index is 1.68. The van der Waals surface area contributed by atoms with Gasteiger partial charge in [0.1, 0.15) is 5.75 Å². The lowest BCUT2D eigenvalue weighted by Crippen LogP contribution is -2.30. The molecule has 2 aromatic carbocycles. The zero-order chi connectivity index (χ0) is 19.2. The molecule has 0 saturated heterocycles. The van der Waals surface area contributed by atoms with Crippen molar-refractivity contribution in [2.24, 2.45) is 0 Å². The number of nitrogen functional groups attached to an aromatic ring is 1. The second kappa shape index (κ2) is 8.81. The normalized spacial score (nSPS) is 11.1. The molecule has 0 unspecified atom stereocenters. The molecule has 0 bridgehead atoms.